The van der Waals surface area contributed by atoms with Gasteiger partial charge in [-0.1, -0.05) is 20.8 Å². The second kappa shape index (κ2) is 6.85. The van der Waals surface area contributed by atoms with Gasteiger partial charge in [0.1, 0.15) is 0 Å². The third-order valence-corrected chi connectivity index (χ3v) is 3.85. The highest BCUT2D eigenvalue weighted by atomic mass is 16.5. The molecule has 0 aromatic carbocycles. The minimum atomic E-state index is -0.478. The van der Waals surface area contributed by atoms with Gasteiger partial charge in [0.25, 0.3) is 0 Å². The van der Waals surface area contributed by atoms with E-state index in [2.05, 4.69) is 14.9 Å². The number of rotatable bonds is 4. The summed E-state index contributed by atoms with van der Waals surface area (Å²) in [4.78, 5) is 34.3. The van der Waals surface area contributed by atoms with Crippen LogP contribution < -0.4 is 4.90 Å². The summed E-state index contributed by atoms with van der Waals surface area (Å²) < 4.78 is 5.17. The van der Waals surface area contributed by atoms with Gasteiger partial charge in [0, 0.05) is 30.9 Å². The molecule has 1 fully saturated rings. The van der Waals surface area contributed by atoms with Crippen molar-refractivity contribution in [2.75, 3.05) is 24.6 Å². The van der Waals surface area contributed by atoms with Crippen molar-refractivity contribution in [3.63, 3.8) is 0 Å². The van der Waals surface area contributed by atoms with Crippen LogP contribution in [0.15, 0.2) is 18.5 Å². The van der Waals surface area contributed by atoms with Gasteiger partial charge in [-0.3, -0.25) is 9.59 Å². The average molecular weight is 305 g/mol. The number of esters is 1. The lowest BCUT2D eigenvalue weighted by molar-refractivity contribution is -0.154. The van der Waals surface area contributed by atoms with Gasteiger partial charge in [0.2, 0.25) is 5.95 Å². The van der Waals surface area contributed by atoms with Crippen LogP contribution in [0.1, 0.15) is 33.6 Å². The molecule has 0 amide bonds. The fourth-order valence-electron chi connectivity index (χ4n) is 2.24. The number of carbonyl (C=O) groups excluding carboxylic acids is 2. The van der Waals surface area contributed by atoms with Crippen molar-refractivity contribution in [1.82, 2.24) is 9.97 Å². The first kappa shape index (κ1) is 16.4. The standard InChI is InChI=1S/C16H23N3O3/c1-16(2,3)13(20)11-22-14(21)12-5-9-19(10-6-12)15-17-7-4-8-18-15/h4,7-8,12H,5-6,9-11H2,1-3H3. The lowest BCUT2D eigenvalue weighted by Gasteiger charge is -2.30. The minimum Gasteiger partial charge on any atom is -0.457 e. The average Bonchev–Trinajstić information content (AvgIpc) is 2.52. The summed E-state index contributed by atoms with van der Waals surface area (Å²) in [7, 11) is 0. The third-order valence-electron chi connectivity index (χ3n) is 3.85. The molecule has 0 aliphatic carbocycles. The Bertz CT molecular complexity index is 517. The van der Waals surface area contributed by atoms with Crippen molar-refractivity contribution < 1.29 is 14.3 Å². The molecular formula is C16H23N3O3. The molecule has 1 aromatic heterocycles. The van der Waals surface area contributed by atoms with Gasteiger partial charge in [-0.15, -0.1) is 0 Å². The van der Waals surface area contributed by atoms with Crippen LogP contribution in [0.5, 0.6) is 0 Å². The molecule has 0 spiro atoms. The number of aromatic nitrogens is 2. The van der Waals surface area contributed by atoms with Crippen LogP contribution in [0.25, 0.3) is 0 Å². The van der Waals surface area contributed by atoms with Crippen molar-refractivity contribution in [2.45, 2.75) is 33.6 Å². The third kappa shape index (κ3) is 4.26. The second-order valence-corrected chi connectivity index (χ2v) is 6.59. The fraction of sp³-hybridized carbons (Fsp3) is 0.625. The minimum absolute atomic E-state index is 0.0593. The molecule has 0 bridgehead atoms. The fourth-order valence-corrected chi connectivity index (χ4v) is 2.24. The summed E-state index contributed by atoms with van der Waals surface area (Å²) in [6, 6.07) is 1.78. The van der Waals surface area contributed by atoms with Crippen LogP contribution in [-0.2, 0) is 14.3 Å². The van der Waals surface area contributed by atoms with E-state index in [-0.39, 0.29) is 24.3 Å². The van der Waals surface area contributed by atoms with Crippen LogP contribution >= 0.6 is 0 Å². The maximum absolute atomic E-state index is 12.0. The summed E-state index contributed by atoms with van der Waals surface area (Å²) in [5.74, 6) is 0.215. The monoisotopic (exact) mass is 305 g/mol. The zero-order valence-electron chi connectivity index (χ0n) is 13.4. The number of hydrogen-bond acceptors (Lipinski definition) is 6. The Morgan fingerprint density at radius 3 is 2.36 bits per heavy atom. The Hall–Kier alpha value is -1.98. The smallest absolute Gasteiger partial charge is 0.309 e. The van der Waals surface area contributed by atoms with Crippen molar-refractivity contribution in [1.29, 1.82) is 0 Å². The number of ether oxygens (including phenoxy) is 1. The normalized spacial score (nSPS) is 16.4. The van der Waals surface area contributed by atoms with Crippen molar-refractivity contribution in [3.8, 4) is 0 Å². The largest absolute Gasteiger partial charge is 0.457 e. The molecular weight excluding hydrogens is 282 g/mol. The Labute approximate surface area is 130 Å². The Kier molecular flexibility index (Phi) is 5.11. The molecule has 22 heavy (non-hydrogen) atoms. The molecule has 1 aliphatic rings. The molecule has 1 aromatic rings. The molecule has 120 valence electrons. The van der Waals surface area contributed by atoms with E-state index in [1.165, 1.54) is 0 Å². The van der Waals surface area contributed by atoms with Crippen molar-refractivity contribution in [2.24, 2.45) is 11.3 Å². The van der Waals surface area contributed by atoms with E-state index in [9.17, 15) is 9.59 Å². The Balaban J connectivity index is 1.79. The SMILES string of the molecule is CC(C)(C)C(=O)COC(=O)C1CCN(c2ncccn2)CC1. The number of Topliss-reactive ketones (excluding diaryl/α,β-unsaturated/α-hetero) is 1. The number of anilines is 1. The van der Waals surface area contributed by atoms with Crippen molar-refractivity contribution in [3.05, 3.63) is 18.5 Å². The first-order valence-electron chi connectivity index (χ1n) is 7.60. The molecule has 0 atom stereocenters. The van der Waals surface area contributed by atoms with Crippen LogP contribution in [0.2, 0.25) is 0 Å². The predicted octanol–water partition coefficient (Wildman–Crippen LogP) is 1.85. The maximum atomic E-state index is 12.0. The van der Waals surface area contributed by atoms with E-state index in [1.54, 1.807) is 18.5 Å². The van der Waals surface area contributed by atoms with Crippen LogP contribution in [0, 0.1) is 11.3 Å². The number of nitrogens with zero attached hydrogens (tertiary/aromatic N) is 3. The highest BCUT2D eigenvalue weighted by Gasteiger charge is 2.29. The summed E-state index contributed by atoms with van der Waals surface area (Å²) in [6.07, 6.45) is 4.81. The first-order chi connectivity index (χ1) is 10.4. The number of piperidine rings is 1. The molecule has 1 saturated heterocycles. The number of hydrogen-bond donors (Lipinski definition) is 0. The Morgan fingerprint density at radius 2 is 1.82 bits per heavy atom. The quantitative estimate of drug-likeness (QED) is 0.791. The molecule has 0 unspecified atom stereocenters. The van der Waals surface area contributed by atoms with Gasteiger partial charge in [-0.25, -0.2) is 9.97 Å². The van der Waals surface area contributed by atoms with E-state index in [4.69, 9.17) is 4.74 Å². The van der Waals surface area contributed by atoms with E-state index >= 15 is 0 Å². The number of ketones is 1. The molecule has 0 radical (unpaired) electrons. The summed E-state index contributed by atoms with van der Waals surface area (Å²) in [5, 5.41) is 0. The van der Waals surface area contributed by atoms with E-state index in [0.717, 1.165) is 13.1 Å². The summed E-state index contributed by atoms with van der Waals surface area (Å²) in [6.45, 7) is 6.77. The Morgan fingerprint density at radius 1 is 1.23 bits per heavy atom. The molecule has 0 saturated carbocycles. The van der Waals surface area contributed by atoms with E-state index < -0.39 is 5.41 Å². The highest BCUT2D eigenvalue weighted by molar-refractivity contribution is 5.86. The topological polar surface area (TPSA) is 72.4 Å². The molecule has 0 N–H and O–H groups in total. The van der Waals surface area contributed by atoms with Crippen LogP contribution in [0.3, 0.4) is 0 Å². The number of carbonyl (C=O) groups is 2. The highest BCUT2D eigenvalue weighted by Crippen LogP contribution is 2.22. The predicted molar refractivity (Wildman–Crippen MR) is 82.4 cm³/mol. The van der Waals surface area contributed by atoms with E-state index in [0.29, 0.717) is 18.8 Å². The lowest BCUT2D eigenvalue weighted by Crippen LogP contribution is -2.38. The zero-order valence-corrected chi connectivity index (χ0v) is 13.4. The molecule has 1 aliphatic heterocycles. The molecule has 6 heteroatoms. The van der Waals surface area contributed by atoms with Crippen molar-refractivity contribution >= 4 is 17.7 Å². The van der Waals surface area contributed by atoms with Gasteiger partial charge in [0.15, 0.2) is 12.4 Å². The maximum Gasteiger partial charge on any atom is 0.309 e. The van der Waals surface area contributed by atoms with E-state index in [1.807, 2.05) is 20.8 Å². The first-order valence-corrected chi connectivity index (χ1v) is 7.60. The van der Waals surface area contributed by atoms with Gasteiger partial charge in [-0.2, -0.15) is 0 Å². The molecule has 6 nitrogen and oxygen atoms in total. The molecule has 2 heterocycles. The summed E-state index contributed by atoms with van der Waals surface area (Å²) in [5.41, 5.74) is -0.478. The van der Waals surface area contributed by atoms with Gasteiger partial charge >= 0.3 is 5.97 Å². The zero-order chi connectivity index (χ0) is 16.2. The molecule has 2 rings (SSSR count). The van der Waals surface area contributed by atoms with Gasteiger partial charge in [-0.05, 0) is 18.9 Å². The summed E-state index contributed by atoms with van der Waals surface area (Å²) >= 11 is 0. The van der Waals surface area contributed by atoms with Gasteiger partial charge in [0.05, 0.1) is 5.92 Å². The van der Waals surface area contributed by atoms with Crippen LogP contribution in [-0.4, -0.2) is 41.4 Å². The van der Waals surface area contributed by atoms with Gasteiger partial charge < -0.3 is 9.64 Å². The lowest BCUT2D eigenvalue weighted by atomic mass is 9.91. The van der Waals surface area contributed by atoms with Crippen LogP contribution in [0.4, 0.5) is 5.95 Å². The second-order valence-electron chi connectivity index (χ2n) is 6.59.